The lowest BCUT2D eigenvalue weighted by molar-refractivity contribution is 0.256. The van der Waals surface area contributed by atoms with Crippen LogP contribution < -0.4 is 21.3 Å². The molecule has 64 heavy (non-hydrogen) atoms. The second-order valence-electron chi connectivity index (χ2n) is 15.8. The molecule has 0 saturated carbocycles. The molecule has 8 N–H and O–H groups in total. The molecule has 4 bridgehead atoms. The standard InChI is InChI=1S/C49H61FN6.6BrH.2H2O/c50-48-21-19-47(20-22-48)49(45-15-11-39(12-16-45)37-55-27-3-23-51-33-41-7-1-8-42(31-41)34-52-24-4-28-55)46-17-13-40(14-18-46)38-56-29-5-25-53-35-43-9-2-10-44(32-43)36-54-26-6-30-56;;;;;;;;/h1-2,7-22,31-32,49,51-54H,3-6,23-30,33-38H2;6*1H;2*1H2. The summed E-state index contributed by atoms with van der Waals surface area (Å²) < 4.78 is 14.1. The first-order valence-electron chi connectivity index (χ1n) is 21.0. The lowest BCUT2D eigenvalue weighted by atomic mass is 9.84. The number of hydrogen-bond donors (Lipinski definition) is 4. The van der Waals surface area contributed by atoms with Crippen LogP contribution in [0.4, 0.5) is 4.39 Å². The zero-order valence-electron chi connectivity index (χ0n) is 36.6. The molecule has 15 heteroatoms. The van der Waals surface area contributed by atoms with Crippen molar-refractivity contribution >= 4 is 102 Å². The Bertz CT molecular complexity index is 1760. The van der Waals surface area contributed by atoms with E-state index in [1.807, 2.05) is 12.1 Å². The lowest BCUT2D eigenvalue weighted by Gasteiger charge is -2.25. The van der Waals surface area contributed by atoms with E-state index < -0.39 is 0 Å². The van der Waals surface area contributed by atoms with Crippen molar-refractivity contribution in [1.29, 1.82) is 0 Å². The Morgan fingerprint density at radius 2 is 0.688 bits per heavy atom. The molecule has 0 atom stereocenters. The summed E-state index contributed by atoms with van der Waals surface area (Å²) in [6, 6.07) is 43.3. The van der Waals surface area contributed by atoms with E-state index in [4.69, 9.17) is 0 Å². The minimum absolute atomic E-state index is 0. The van der Waals surface area contributed by atoms with Crippen molar-refractivity contribution in [1.82, 2.24) is 31.1 Å². The Morgan fingerprint density at radius 1 is 0.406 bits per heavy atom. The molecule has 0 aliphatic carbocycles. The fourth-order valence-corrected chi connectivity index (χ4v) is 8.26. The molecule has 7 rings (SSSR count). The fourth-order valence-electron chi connectivity index (χ4n) is 8.26. The summed E-state index contributed by atoms with van der Waals surface area (Å²) in [6.45, 7) is 13.9. The zero-order chi connectivity index (χ0) is 38.2. The van der Waals surface area contributed by atoms with Crippen LogP contribution in [0.3, 0.4) is 0 Å². The quantitative estimate of drug-likeness (QED) is 0.121. The highest BCUT2D eigenvalue weighted by Crippen LogP contribution is 2.33. The average Bonchev–Trinajstić information content (AvgIpc) is 3.22. The fraction of sp³-hybridized carbons (Fsp3) is 0.388. The normalized spacial score (nSPS) is 15.3. The van der Waals surface area contributed by atoms with Gasteiger partial charge in [0.1, 0.15) is 5.82 Å². The van der Waals surface area contributed by atoms with Gasteiger partial charge in [0.2, 0.25) is 0 Å². The molecule has 0 spiro atoms. The summed E-state index contributed by atoms with van der Waals surface area (Å²) in [5.74, 6) is -0.178. The van der Waals surface area contributed by atoms with E-state index in [9.17, 15) is 4.39 Å². The first-order chi connectivity index (χ1) is 27.6. The molecule has 2 heterocycles. The molecule has 5 aromatic carbocycles. The third kappa shape index (κ3) is 21.3. The van der Waals surface area contributed by atoms with Gasteiger partial charge >= 0.3 is 0 Å². The molecule has 0 unspecified atom stereocenters. The van der Waals surface area contributed by atoms with Crippen LogP contribution in [-0.2, 0) is 39.3 Å². The largest absolute Gasteiger partial charge is 0.412 e. The zero-order valence-corrected chi connectivity index (χ0v) is 46.9. The minimum atomic E-state index is -0.203. The Balaban J connectivity index is 0. The Morgan fingerprint density at radius 3 is 0.984 bits per heavy atom. The van der Waals surface area contributed by atoms with Gasteiger partial charge < -0.3 is 32.2 Å². The van der Waals surface area contributed by atoms with Gasteiger partial charge in [0.05, 0.1) is 0 Å². The van der Waals surface area contributed by atoms with Gasteiger partial charge in [-0.2, -0.15) is 0 Å². The number of rotatable bonds is 7. The molecular weight excluding hydrogens is 1200 g/mol. The first-order valence-corrected chi connectivity index (χ1v) is 21.0. The molecule has 358 valence electrons. The van der Waals surface area contributed by atoms with Crippen LogP contribution in [0.2, 0.25) is 0 Å². The van der Waals surface area contributed by atoms with Crippen molar-refractivity contribution in [2.75, 3.05) is 52.4 Å². The van der Waals surface area contributed by atoms with Crippen molar-refractivity contribution in [2.24, 2.45) is 0 Å². The third-order valence-electron chi connectivity index (χ3n) is 11.3. The number of benzene rings is 5. The van der Waals surface area contributed by atoms with Gasteiger partial charge in [0, 0.05) is 45.2 Å². The molecule has 2 aliphatic heterocycles. The molecule has 0 fully saturated rings. The van der Waals surface area contributed by atoms with Crippen molar-refractivity contribution in [3.05, 3.63) is 177 Å². The van der Waals surface area contributed by atoms with E-state index in [1.54, 1.807) is 12.1 Å². The molecule has 2 aliphatic rings. The van der Waals surface area contributed by atoms with Crippen LogP contribution in [0.5, 0.6) is 0 Å². The number of hydrogen-bond acceptors (Lipinski definition) is 6. The highest BCUT2D eigenvalue weighted by atomic mass is 79.9. The SMILES string of the molecule is Br.Br.Br.Br.Br.Br.Fc1ccc(C(c2ccc(CN3CCCNCc4cccc(c4)CNCCC3)cc2)c2ccc(CN3CCCNCc4cccc(c4)CNCCC3)cc2)cc1.O.O. The maximum absolute atomic E-state index is 14.1. The molecular formula is C49H71Br6FN6O2. The van der Waals surface area contributed by atoms with Crippen molar-refractivity contribution < 1.29 is 15.3 Å². The van der Waals surface area contributed by atoms with Crippen molar-refractivity contribution in [2.45, 2.75) is 70.9 Å². The molecule has 8 nitrogen and oxygen atoms in total. The van der Waals surface area contributed by atoms with Gasteiger partial charge in [-0.15, -0.1) is 102 Å². The van der Waals surface area contributed by atoms with E-state index in [-0.39, 0.29) is 125 Å². The molecule has 5 aromatic rings. The predicted octanol–water partition coefficient (Wildman–Crippen LogP) is 9.77. The van der Waals surface area contributed by atoms with E-state index in [2.05, 4.69) is 128 Å². The summed E-state index contributed by atoms with van der Waals surface area (Å²) in [7, 11) is 0. The first kappa shape index (κ1) is 64.7. The number of nitrogens with zero attached hydrogens (tertiary/aromatic N) is 2. The molecule has 0 radical (unpaired) electrons. The average molecular weight is 1270 g/mol. The second kappa shape index (κ2) is 35.7. The Hall–Kier alpha value is -1.41. The monoisotopic (exact) mass is 1270 g/mol. The molecule has 0 amide bonds. The van der Waals surface area contributed by atoms with Crippen LogP contribution in [0.1, 0.15) is 81.7 Å². The summed E-state index contributed by atoms with van der Waals surface area (Å²) in [5.41, 5.74) is 11.6. The van der Waals surface area contributed by atoms with Gasteiger partial charge in [0.15, 0.2) is 0 Å². The second-order valence-corrected chi connectivity index (χ2v) is 15.8. The molecule has 0 aromatic heterocycles. The maximum atomic E-state index is 14.1. The Labute approximate surface area is 445 Å². The summed E-state index contributed by atoms with van der Waals surface area (Å²) >= 11 is 0. The van der Waals surface area contributed by atoms with Crippen LogP contribution >= 0.6 is 102 Å². The number of fused-ring (bicyclic) bond motifs is 4. The predicted molar refractivity (Wildman–Crippen MR) is 298 cm³/mol. The van der Waals surface area contributed by atoms with E-state index >= 15 is 0 Å². The van der Waals surface area contributed by atoms with Crippen molar-refractivity contribution in [3.8, 4) is 0 Å². The number of nitrogens with one attached hydrogen (secondary N) is 4. The van der Waals surface area contributed by atoms with Gasteiger partial charge in [-0.05, 0) is 140 Å². The van der Waals surface area contributed by atoms with E-state index in [1.165, 1.54) is 44.5 Å². The van der Waals surface area contributed by atoms with Gasteiger partial charge in [-0.1, -0.05) is 109 Å². The highest BCUT2D eigenvalue weighted by molar-refractivity contribution is 8.93. The van der Waals surface area contributed by atoms with Crippen LogP contribution in [-0.4, -0.2) is 73.1 Å². The van der Waals surface area contributed by atoms with E-state index in [0.29, 0.717) is 0 Å². The highest BCUT2D eigenvalue weighted by Gasteiger charge is 2.18. The van der Waals surface area contributed by atoms with E-state index in [0.717, 1.165) is 123 Å². The van der Waals surface area contributed by atoms with Crippen LogP contribution in [0.15, 0.2) is 121 Å². The minimum Gasteiger partial charge on any atom is -0.412 e. The lowest BCUT2D eigenvalue weighted by Crippen LogP contribution is -2.30. The van der Waals surface area contributed by atoms with Gasteiger partial charge in [-0.3, -0.25) is 9.80 Å². The number of halogens is 7. The molecule has 0 saturated heterocycles. The topological polar surface area (TPSA) is 118 Å². The summed E-state index contributed by atoms with van der Waals surface area (Å²) in [4.78, 5) is 5.21. The van der Waals surface area contributed by atoms with Gasteiger partial charge in [0.25, 0.3) is 0 Å². The summed E-state index contributed by atoms with van der Waals surface area (Å²) in [5, 5.41) is 14.6. The van der Waals surface area contributed by atoms with Crippen molar-refractivity contribution in [3.63, 3.8) is 0 Å². The Kier molecular flexibility index (Phi) is 36.1. The van der Waals surface area contributed by atoms with Crippen LogP contribution in [0, 0.1) is 5.82 Å². The van der Waals surface area contributed by atoms with Crippen LogP contribution in [0.25, 0.3) is 0 Å². The summed E-state index contributed by atoms with van der Waals surface area (Å²) in [6.07, 6.45) is 4.48. The van der Waals surface area contributed by atoms with Gasteiger partial charge in [-0.25, -0.2) is 4.39 Å². The third-order valence-corrected chi connectivity index (χ3v) is 11.3. The maximum Gasteiger partial charge on any atom is 0.123 e. The smallest absolute Gasteiger partial charge is 0.123 e.